The van der Waals surface area contributed by atoms with Crippen molar-refractivity contribution in [3.05, 3.63) is 134 Å². The predicted molar refractivity (Wildman–Crippen MR) is 186 cm³/mol. The van der Waals surface area contributed by atoms with Gasteiger partial charge in [-0.15, -0.1) is 11.3 Å². The molecular weight excluding hydrogens is 573 g/mol. The van der Waals surface area contributed by atoms with E-state index in [1.54, 1.807) is 0 Å². The highest BCUT2D eigenvalue weighted by molar-refractivity contribution is 7.25. The number of nitrogens with zero attached hydrogens (tertiary/aromatic N) is 2. The van der Waals surface area contributed by atoms with Gasteiger partial charge in [-0.3, -0.25) is 0 Å². The molecule has 6 aromatic carbocycles. The Balaban J connectivity index is 1.07. The molecule has 0 N–H and O–H groups in total. The molecule has 0 spiro atoms. The Hall–Kier alpha value is -5.78. The van der Waals surface area contributed by atoms with Crippen molar-refractivity contribution in [2.75, 3.05) is 0 Å². The number of hydrogen-bond acceptors (Lipinski definition) is 5. The van der Waals surface area contributed by atoms with Gasteiger partial charge in [-0.2, -0.15) is 0 Å². The van der Waals surface area contributed by atoms with E-state index in [0.717, 1.165) is 60.7 Å². The normalized spacial score (nSPS) is 12.0. The predicted octanol–water partition coefficient (Wildman–Crippen LogP) is 11.6. The van der Waals surface area contributed by atoms with E-state index in [0.29, 0.717) is 5.82 Å². The summed E-state index contributed by atoms with van der Waals surface area (Å²) in [5.74, 6) is 0.708. The second-order valence-electron chi connectivity index (χ2n) is 11.4. The first-order chi connectivity index (χ1) is 22.2. The van der Waals surface area contributed by atoms with Crippen molar-refractivity contribution in [2.24, 2.45) is 0 Å². The van der Waals surface area contributed by atoms with Gasteiger partial charge in [0.2, 0.25) is 0 Å². The zero-order chi connectivity index (χ0) is 29.5. The van der Waals surface area contributed by atoms with Crippen LogP contribution in [0.3, 0.4) is 0 Å². The first-order valence-corrected chi connectivity index (χ1v) is 15.7. The summed E-state index contributed by atoms with van der Waals surface area (Å²) in [5, 5.41) is 6.92. The van der Waals surface area contributed by atoms with Crippen LogP contribution in [-0.2, 0) is 0 Å². The monoisotopic (exact) mass is 594 g/mol. The van der Waals surface area contributed by atoms with Gasteiger partial charge < -0.3 is 8.83 Å². The summed E-state index contributed by atoms with van der Waals surface area (Å²) < 4.78 is 14.6. The summed E-state index contributed by atoms with van der Waals surface area (Å²) in [6, 6.07) is 44.4. The second kappa shape index (κ2) is 9.36. The van der Waals surface area contributed by atoms with Gasteiger partial charge in [-0.1, -0.05) is 48.5 Å². The minimum Gasteiger partial charge on any atom is -0.456 e. The van der Waals surface area contributed by atoms with Crippen LogP contribution in [0.4, 0.5) is 0 Å². The number of hydrogen-bond donors (Lipinski definition) is 0. The van der Waals surface area contributed by atoms with Gasteiger partial charge in [0.1, 0.15) is 22.3 Å². The Kier molecular flexibility index (Phi) is 5.12. The fourth-order valence-corrected chi connectivity index (χ4v) is 7.61. The lowest BCUT2D eigenvalue weighted by atomic mass is 10.00. The third kappa shape index (κ3) is 3.84. The van der Waals surface area contributed by atoms with E-state index < -0.39 is 0 Å². The third-order valence-electron chi connectivity index (χ3n) is 8.77. The fourth-order valence-electron chi connectivity index (χ4n) is 6.55. The summed E-state index contributed by atoms with van der Waals surface area (Å²) in [5.41, 5.74) is 8.86. The van der Waals surface area contributed by atoms with Crippen LogP contribution < -0.4 is 0 Å². The molecule has 4 nitrogen and oxygen atoms in total. The molecular formula is C40H22N2O2S. The van der Waals surface area contributed by atoms with E-state index in [4.69, 9.17) is 13.8 Å². The minimum absolute atomic E-state index is 0.708. The van der Waals surface area contributed by atoms with Gasteiger partial charge in [0.05, 0.1) is 5.69 Å². The van der Waals surface area contributed by atoms with E-state index in [2.05, 4.69) is 89.9 Å². The second-order valence-corrected chi connectivity index (χ2v) is 12.5. The smallest absolute Gasteiger partial charge is 0.159 e. The fraction of sp³-hybridized carbons (Fsp3) is 0. The molecule has 0 saturated carbocycles. The number of thiophene rings is 1. The third-order valence-corrected chi connectivity index (χ3v) is 9.92. The Morgan fingerprint density at radius 3 is 1.62 bits per heavy atom. The van der Waals surface area contributed by atoms with Crippen LogP contribution in [0.25, 0.3) is 97.8 Å². The molecule has 4 aromatic heterocycles. The molecule has 0 aliphatic heterocycles. The van der Waals surface area contributed by atoms with E-state index in [9.17, 15) is 0 Å². The maximum atomic E-state index is 6.07. The summed E-state index contributed by atoms with van der Waals surface area (Å²) in [7, 11) is 0. The highest BCUT2D eigenvalue weighted by Crippen LogP contribution is 2.40. The zero-order valence-electron chi connectivity index (χ0n) is 23.8. The number of para-hydroxylation sites is 2. The summed E-state index contributed by atoms with van der Waals surface area (Å²) in [6.07, 6.45) is 1.85. The van der Waals surface area contributed by atoms with Crippen LogP contribution in [0.1, 0.15) is 0 Å². The Labute approximate surface area is 260 Å². The maximum Gasteiger partial charge on any atom is 0.159 e. The number of aromatic nitrogens is 2. The molecule has 4 heterocycles. The molecule has 5 heteroatoms. The molecule has 0 aliphatic carbocycles. The quantitative estimate of drug-likeness (QED) is 0.204. The molecule has 0 fully saturated rings. The lowest BCUT2D eigenvalue weighted by Crippen LogP contribution is -1.91. The molecule has 0 amide bonds. The van der Waals surface area contributed by atoms with Crippen LogP contribution in [0.15, 0.2) is 142 Å². The highest BCUT2D eigenvalue weighted by atomic mass is 32.1. The largest absolute Gasteiger partial charge is 0.456 e. The average Bonchev–Trinajstić information content (AvgIpc) is 3.78. The van der Waals surface area contributed by atoms with Gasteiger partial charge in [-0.05, 0) is 90.0 Å². The van der Waals surface area contributed by atoms with Crippen molar-refractivity contribution in [2.45, 2.75) is 0 Å². The summed E-state index contributed by atoms with van der Waals surface area (Å²) in [4.78, 5) is 9.71. The molecule has 0 saturated heterocycles. The molecule has 0 radical (unpaired) electrons. The van der Waals surface area contributed by atoms with E-state index in [-0.39, 0.29) is 0 Å². The Morgan fingerprint density at radius 2 is 0.933 bits per heavy atom. The topological polar surface area (TPSA) is 52.1 Å². The zero-order valence-corrected chi connectivity index (χ0v) is 24.6. The van der Waals surface area contributed by atoms with E-state index in [1.807, 2.05) is 60.0 Å². The van der Waals surface area contributed by atoms with Gasteiger partial charge in [0.15, 0.2) is 5.82 Å². The number of rotatable bonds is 3. The minimum atomic E-state index is 0.708. The van der Waals surface area contributed by atoms with Crippen molar-refractivity contribution < 1.29 is 8.83 Å². The molecule has 10 aromatic rings. The number of fused-ring (bicyclic) bond motifs is 9. The average molecular weight is 595 g/mol. The standard InChI is InChI=1S/C40H22N2O2S/c1-3-7-34-27(5-1)29-19-23(9-13-36(29)43-34)24-11-15-38-31(20-24)32-22-26(12-16-39(32)45-38)40-41-18-17-33(42-40)25-10-14-37-30(21-25)28-6-2-4-8-35(28)44-37/h1-22H. The molecule has 0 atom stereocenters. The molecule has 0 unspecified atom stereocenters. The van der Waals surface area contributed by atoms with Crippen LogP contribution in [0, 0.1) is 0 Å². The van der Waals surface area contributed by atoms with Gasteiger partial charge in [0, 0.05) is 59.0 Å². The maximum absolute atomic E-state index is 6.07. The van der Waals surface area contributed by atoms with E-state index >= 15 is 0 Å². The van der Waals surface area contributed by atoms with Gasteiger partial charge in [0.25, 0.3) is 0 Å². The van der Waals surface area contributed by atoms with Crippen molar-refractivity contribution >= 4 is 75.4 Å². The number of benzene rings is 6. The van der Waals surface area contributed by atoms with Crippen LogP contribution in [0.5, 0.6) is 0 Å². The summed E-state index contributed by atoms with van der Waals surface area (Å²) in [6.45, 7) is 0. The number of furan rings is 2. The van der Waals surface area contributed by atoms with Crippen molar-refractivity contribution in [3.8, 4) is 33.8 Å². The van der Waals surface area contributed by atoms with Gasteiger partial charge >= 0.3 is 0 Å². The first-order valence-electron chi connectivity index (χ1n) is 14.9. The Morgan fingerprint density at radius 1 is 0.422 bits per heavy atom. The van der Waals surface area contributed by atoms with Crippen LogP contribution in [-0.4, -0.2) is 9.97 Å². The molecule has 210 valence electrons. The molecule has 10 rings (SSSR count). The lowest BCUT2D eigenvalue weighted by molar-refractivity contribution is 0.668. The summed E-state index contributed by atoms with van der Waals surface area (Å²) >= 11 is 1.81. The SMILES string of the molecule is c1ccc2c(c1)oc1ccc(-c3ccc4sc5ccc(-c6nccc(-c7ccc8oc9ccccc9c8c7)n6)cc5c4c3)cc12. The first kappa shape index (κ1) is 24.6. The lowest BCUT2D eigenvalue weighted by Gasteiger charge is -2.06. The Bertz CT molecular complexity index is 2780. The van der Waals surface area contributed by atoms with Gasteiger partial charge in [-0.25, -0.2) is 9.97 Å². The van der Waals surface area contributed by atoms with Crippen LogP contribution in [0.2, 0.25) is 0 Å². The van der Waals surface area contributed by atoms with E-state index in [1.165, 1.54) is 31.3 Å². The molecule has 0 bridgehead atoms. The van der Waals surface area contributed by atoms with Crippen molar-refractivity contribution in [3.63, 3.8) is 0 Å². The highest BCUT2D eigenvalue weighted by Gasteiger charge is 2.14. The van der Waals surface area contributed by atoms with Crippen LogP contribution >= 0.6 is 11.3 Å². The molecule has 0 aliphatic rings. The van der Waals surface area contributed by atoms with Crippen molar-refractivity contribution in [1.82, 2.24) is 9.97 Å². The molecule has 45 heavy (non-hydrogen) atoms. The van der Waals surface area contributed by atoms with Crippen molar-refractivity contribution in [1.29, 1.82) is 0 Å².